The molecule has 0 amide bonds. The molecule has 0 unspecified atom stereocenters. The van der Waals surface area contributed by atoms with Crippen LogP contribution in [0.15, 0.2) is 18.2 Å². The van der Waals surface area contributed by atoms with Crippen LogP contribution < -0.4 is 5.73 Å². The summed E-state index contributed by atoms with van der Waals surface area (Å²) in [6.07, 6.45) is 0.363. The zero-order valence-corrected chi connectivity index (χ0v) is 14.7. The lowest BCUT2D eigenvalue weighted by Crippen LogP contribution is -2.32. The lowest BCUT2D eigenvalue weighted by Gasteiger charge is -2.26. The first-order valence-corrected chi connectivity index (χ1v) is 7.04. The van der Waals surface area contributed by atoms with Crippen molar-refractivity contribution in [2.75, 3.05) is 0 Å². The number of benzene rings is 1. The van der Waals surface area contributed by atoms with Gasteiger partial charge in [-0.05, 0) is 33.9 Å². The van der Waals surface area contributed by atoms with Gasteiger partial charge in [-0.15, -0.1) is 12.4 Å². The number of nitrogens with two attached hydrogens (primary N) is 1. The Morgan fingerprint density at radius 2 is 1.43 bits per heavy atom. The highest BCUT2D eigenvalue weighted by Gasteiger charge is 2.21. The number of aliphatic carboxylic acids is 1. The minimum atomic E-state index is -0.955. The average molecular weight is 314 g/mol. The number of carbonyl (C=O) groups is 1. The van der Waals surface area contributed by atoms with Crippen molar-refractivity contribution >= 4 is 18.4 Å². The number of rotatable bonds is 3. The van der Waals surface area contributed by atoms with Crippen LogP contribution in [-0.4, -0.2) is 17.1 Å². The smallest absolute Gasteiger partial charge is 0.320 e. The van der Waals surface area contributed by atoms with Crippen LogP contribution in [0.25, 0.3) is 0 Å². The third kappa shape index (κ3) is 5.68. The zero-order chi connectivity index (χ0) is 15.7. The van der Waals surface area contributed by atoms with E-state index in [-0.39, 0.29) is 23.2 Å². The van der Waals surface area contributed by atoms with Gasteiger partial charge in [-0.2, -0.15) is 0 Å². The molecule has 0 fully saturated rings. The van der Waals surface area contributed by atoms with Gasteiger partial charge in [-0.3, -0.25) is 4.79 Å². The van der Waals surface area contributed by atoms with E-state index < -0.39 is 12.0 Å². The van der Waals surface area contributed by atoms with Crippen LogP contribution in [0.3, 0.4) is 0 Å². The van der Waals surface area contributed by atoms with Crippen molar-refractivity contribution in [1.29, 1.82) is 0 Å². The Bertz CT molecular complexity index is 466. The van der Waals surface area contributed by atoms with Gasteiger partial charge >= 0.3 is 5.97 Å². The summed E-state index contributed by atoms with van der Waals surface area (Å²) < 4.78 is 0. The van der Waals surface area contributed by atoms with E-state index >= 15 is 0 Å². The second-order valence-corrected chi connectivity index (χ2v) is 7.57. The SMILES string of the molecule is CC(C)(C)c1cc(C[C@H](N)C(=O)O)cc(C(C)(C)C)c1.Cl. The van der Waals surface area contributed by atoms with E-state index in [0.717, 1.165) is 5.56 Å². The Kier molecular flexibility index (Phi) is 6.46. The molecule has 0 bridgehead atoms. The maximum Gasteiger partial charge on any atom is 0.320 e. The highest BCUT2D eigenvalue weighted by atomic mass is 35.5. The number of carboxylic acid groups (broad SMARTS) is 1. The molecule has 0 aliphatic carbocycles. The maximum absolute atomic E-state index is 10.9. The lowest BCUT2D eigenvalue weighted by atomic mass is 9.79. The van der Waals surface area contributed by atoms with E-state index in [1.165, 1.54) is 11.1 Å². The Morgan fingerprint density at radius 3 is 1.71 bits per heavy atom. The Balaban J connectivity index is 0.00000400. The lowest BCUT2D eigenvalue weighted by molar-refractivity contribution is -0.138. The average Bonchev–Trinajstić information content (AvgIpc) is 2.26. The number of carboxylic acids is 1. The molecule has 3 nitrogen and oxygen atoms in total. The Hall–Kier alpha value is -1.06. The van der Waals surface area contributed by atoms with Crippen molar-refractivity contribution < 1.29 is 9.90 Å². The van der Waals surface area contributed by atoms with Crippen LogP contribution in [0.4, 0.5) is 0 Å². The highest BCUT2D eigenvalue weighted by Crippen LogP contribution is 2.30. The first-order chi connectivity index (χ1) is 8.91. The molecule has 21 heavy (non-hydrogen) atoms. The molecule has 4 heteroatoms. The van der Waals surface area contributed by atoms with Gasteiger partial charge in [0, 0.05) is 0 Å². The van der Waals surface area contributed by atoms with Crippen LogP contribution in [0.1, 0.15) is 58.2 Å². The van der Waals surface area contributed by atoms with Gasteiger partial charge in [0.15, 0.2) is 0 Å². The third-order valence-electron chi connectivity index (χ3n) is 3.50. The summed E-state index contributed by atoms with van der Waals surface area (Å²) in [4.78, 5) is 10.9. The molecule has 0 radical (unpaired) electrons. The predicted molar refractivity (Wildman–Crippen MR) is 90.4 cm³/mol. The van der Waals surface area contributed by atoms with E-state index in [4.69, 9.17) is 10.8 Å². The minimum Gasteiger partial charge on any atom is -0.480 e. The molecule has 1 aromatic rings. The summed E-state index contributed by atoms with van der Waals surface area (Å²) in [7, 11) is 0. The number of halogens is 1. The Labute approximate surface area is 134 Å². The van der Waals surface area contributed by atoms with Crippen LogP contribution in [0, 0.1) is 0 Å². The standard InChI is InChI=1S/C17H27NO2.ClH/c1-16(2,3)12-7-11(9-14(18)15(19)20)8-13(10-12)17(4,5)6;/h7-8,10,14H,9,18H2,1-6H3,(H,19,20);1H/t14-;/m0./s1. The fourth-order valence-corrected chi connectivity index (χ4v) is 2.02. The molecule has 0 heterocycles. The summed E-state index contributed by atoms with van der Waals surface area (Å²) >= 11 is 0. The molecule has 0 saturated heterocycles. The molecule has 1 rings (SSSR count). The van der Waals surface area contributed by atoms with E-state index in [2.05, 4.69) is 59.7 Å². The van der Waals surface area contributed by atoms with E-state index in [0.29, 0.717) is 6.42 Å². The topological polar surface area (TPSA) is 63.3 Å². The van der Waals surface area contributed by atoms with Crippen molar-refractivity contribution in [3.05, 3.63) is 34.9 Å². The summed E-state index contributed by atoms with van der Waals surface area (Å²) in [5.41, 5.74) is 9.17. The molecule has 0 aromatic heterocycles. The minimum absolute atomic E-state index is 0. The first-order valence-electron chi connectivity index (χ1n) is 7.04. The second-order valence-electron chi connectivity index (χ2n) is 7.57. The van der Waals surface area contributed by atoms with Crippen molar-refractivity contribution in [3.63, 3.8) is 0 Å². The normalized spacial score (nSPS) is 13.5. The number of hydrogen-bond acceptors (Lipinski definition) is 2. The Morgan fingerprint density at radius 1 is 1.05 bits per heavy atom. The van der Waals surface area contributed by atoms with Crippen LogP contribution in [-0.2, 0) is 22.0 Å². The predicted octanol–water partition coefficient (Wildman–Crippen LogP) is 3.66. The van der Waals surface area contributed by atoms with Gasteiger partial charge in [0.25, 0.3) is 0 Å². The second kappa shape index (κ2) is 6.80. The van der Waals surface area contributed by atoms with Gasteiger partial charge in [0.05, 0.1) is 0 Å². The molecular formula is C17H28ClNO2. The van der Waals surface area contributed by atoms with E-state index in [1.807, 2.05) is 0 Å². The fraction of sp³-hybridized carbons (Fsp3) is 0.588. The van der Waals surface area contributed by atoms with Gasteiger partial charge in [0.2, 0.25) is 0 Å². The molecule has 0 aliphatic heterocycles. The molecule has 0 saturated carbocycles. The maximum atomic E-state index is 10.9. The molecule has 120 valence electrons. The van der Waals surface area contributed by atoms with E-state index in [1.54, 1.807) is 0 Å². The van der Waals surface area contributed by atoms with Crippen LogP contribution >= 0.6 is 12.4 Å². The molecule has 1 atom stereocenters. The van der Waals surface area contributed by atoms with Gasteiger partial charge < -0.3 is 10.8 Å². The van der Waals surface area contributed by atoms with Gasteiger partial charge in [-0.1, -0.05) is 59.7 Å². The van der Waals surface area contributed by atoms with Crippen molar-refractivity contribution in [2.24, 2.45) is 5.73 Å². The zero-order valence-electron chi connectivity index (χ0n) is 13.9. The number of hydrogen-bond donors (Lipinski definition) is 2. The first kappa shape index (κ1) is 19.9. The molecule has 0 spiro atoms. The van der Waals surface area contributed by atoms with Crippen molar-refractivity contribution in [1.82, 2.24) is 0 Å². The van der Waals surface area contributed by atoms with Gasteiger partial charge in [-0.25, -0.2) is 0 Å². The van der Waals surface area contributed by atoms with Crippen LogP contribution in [0.2, 0.25) is 0 Å². The molecular weight excluding hydrogens is 286 g/mol. The summed E-state index contributed by atoms with van der Waals surface area (Å²) in [6, 6.07) is 5.53. The molecule has 0 aliphatic rings. The third-order valence-corrected chi connectivity index (χ3v) is 3.50. The van der Waals surface area contributed by atoms with Crippen molar-refractivity contribution in [3.8, 4) is 0 Å². The summed E-state index contributed by atoms with van der Waals surface area (Å²) in [5, 5.41) is 8.98. The van der Waals surface area contributed by atoms with E-state index in [9.17, 15) is 4.79 Å². The monoisotopic (exact) mass is 313 g/mol. The molecule has 1 aromatic carbocycles. The summed E-state index contributed by atoms with van der Waals surface area (Å²) in [5.74, 6) is -0.955. The van der Waals surface area contributed by atoms with Crippen molar-refractivity contribution in [2.45, 2.75) is 64.8 Å². The van der Waals surface area contributed by atoms with Crippen LogP contribution in [0.5, 0.6) is 0 Å². The quantitative estimate of drug-likeness (QED) is 0.895. The summed E-state index contributed by atoms with van der Waals surface area (Å²) in [6.45, 7) is 13.0. The molecule has 3 N–H and O–H groups in total. The fourth-order valence-electron chi connectivity index (χ4n) is 2.02. The van der Waals surface area contributed by atoms with Gasteiger partial charge in [0.1, 0.15) is 6.04 Å². The largest absolute Gasteiger partial charge is 0.480 e. The highest BCUT2D eigenvalue weighted by molar-refractivity contribution is 5.85.